The van der Waals surface area contributed by atoms with E-state index in [4.69, 9.17) is 35.3 Å². The summed E-state index contributed by atoms with van der Waals surface area (Å²) in [7, 11) is 0. The number of ether oxygens (including phenoxy) is 5. The Balaban J connectivity index is 0.000000163. The first-order chi connectivity index (χ1) is 43.1. The fourth-order valence-electron chi connectivity index (χ4n) is 10.7. The number of halogens is 3. The van der Waals surface area contributed by atoms with E-state index < -0.39 is 10.8 Å². The molecule has 0 unspecified atom stereocenters. The van der Waals surface area contributed by atoms with Crippen LogP contribution in [0.25, 0.3) is 22.1 Å². The third kappa shape index (κ3) is 17.1. The predicted molar refractivity (Wildman–Crippen MR) is 329 cm³/mol. The average Bonchev–Trinajstić information content (AvgIpc) is 1.84. The quantitative estimate of drug-likeness (QED) is 0.0338. The minimum absolute atomic E-state index is 0.0738. The van der Waals surface area contributed by atoms with E-state index >= 15 is 0 Å². The zero-order valence-electron chi connectivity index (χ0n) is 49.9. The van der Waals surface area contributed by atoms with Gasteiger partial charge in [-0.15, -0.1) is 0 Å². The highest BCUT2D eigenvalue weighted by atomic mass is 35.5. The maximum absolute atomic E-state index is 13.2. The molecule has 0 radical (unpaired) electrons. The van der Waals surface area contributed by atoms with Crippen molar-refractivity contribution < 1.29 is 56.7 Å². The number of Topliss-reactive ketones (excluding diaryl/α,β-unsaturated/α-hetero) is 4. The summed E-state index contributed by atoms with van der Waals surface area (Å²) in [5.41, 5.74) is 5.19. The van der Waals surface area contributed by atoms with Gasteiger partial charge in [0.1, 0.15) is 52.8 Å². The second kappa shape index (κ2) is 29.8. The summed E-state index contributed by atoms with van der Waals surface area (Å²) >= 11 is 6.02. The Morgan fingerprint density at radius 1 is 0.539 bits per heavy atom. The smallest absolute Gasteiger partial charge is 0.249 e. The molecule has 0 atom stereocenters. The average molecular weight is 1230 g/mol. The van der Waals surface area contributed by atoms with Crippen LogP contribution in [-0.4, -0.2) is 147 Å². The maximum atomic E-state index is 13.2. The SMILES string of the molecule is Cc1nc2c(Cl)ncnc2cc1OCCCN1CCOCC1.Cc1nc2c(Oc3ccc(CC(=O)C4(C(=O)Cc5ccc(F)cc5)CC4)cc3)ncnc2cc1OCCCN1CCOCC1.O=C(Cc1ccc(O)cc1)C1(C(=O)Cc2ccc(F)cc2)CC1. The van der Waals surface area contributed by atoms with Crippen molar-refractivity contribution in [2.75, 3.05) is 78.9 Å². The highest BCUT2D eigenvalue weighted by molar-refractivity contribution is 6.33. The molecule has 18 nitrogen and oxygen atoms in total. The van der Waals surface area contributed by atoms with Gasteiger partial charge < -0.3 is 28.8 Å². The van der Waals surface area contributed by atoms with Gasteiger partial charge in [-0.3, -0.25) is 29.0 Å². The van der Waals surface area contributed by atoms with Crippen molar-refractivity contribution in [2.45, 2.75) is 78.1 Å². The molecule has 4 fully saturated rings. The standard InChI is InChI=1S/C34H35FN4O5.C19H17FO3.C15H19ClN4O2/c1-23-29(43-16-2-13-39-14-17-42-18-15-39)21-28-32(38-23)33(37-22-36-28)44-27-9-5-25(6-10-27)20-31(41)34(11-12-34)30(40)19-24-3-7-26(35)8-4-24;20-15-5-1-13(2-6-15)11-17(22)19(9-10-19)18(23)12-14-3-7-16(21)8-4-14;1-11-13(9-12-14(19-11)15(16)18-10-17-12)22-6-2-3-20-4-7-21-8-5-20/h3-10,21-22H,2,11-20H2,1H3;1-8,21H,9-12H2;9-10H,2-8H2,1H3. The van der Waals surface area contributed by atoms with Crippen molar-refractivity contribution in [3.8, 4) is 28.9 Å². The molecule has 2 saturated carbocycles. The Labute approximate surface area is 519 Å². The van der Waals surface area contributed by atoms with Gasteiger partial charge in [-0.25, -0.2) is 33.7 Å². The number of ketones is 4. The van der Waals surface area contributed by atoms with Gasteiger partial charge in [0.25, 0.3) is 0 Å². The topological polar surface area (TPSA) is 218 Å². The molecule has 4 aliphatic rings. The molecular formula is C68H71ClF2N8O10. The summed E-state index contributed by atoms with van der Waals surface area (Å²) < 4.78 is 54.8. The van der Waals surface area contributed by atoms with Crippen molar-refractivity contribution in [1.82, 2.24) is 39.7 Å². The van der Waals surface area contributed by atoms with Crippen LogP contribution in [0.5, 0.6) is 28.9 Å². The van der Waals surface area contributed by atoms with Gasteiger partial charge >= 0.3 is 0 Å². The van der Waals surface area contributed by atoms with E-state index in [-0.39, 0.29) is 66.2 Å². The van der Waals surface area contributed by atoms with E-state index in [2.05, 4.69) is 39.7 Å². The monoisotopic (exact) mass is 1230 g/mol. The molecule has 464 valence electrons. The first-order valence-corrected chi connectivity index (χ1v) is 30.4. The summed E-state index contributed by atoms with van der Waals surface area (Å²) in [4.78, 5) is 81.9. The van der Waals surface area contributed by atoms with Crippen molar-refractivity contribution in [3.05, 3.63) is 172 Å². The third-order valence-electron chi connectivity index (χ3n) is 16.4. The highest BCUT2D eigenvalue weighted by Gasteiger charge is 2.55. The lowest BCUT2D eigenvalue weighted by atomic mass is 9.88. The van der Waals surface area contributed by atoms with Crippen LogP contribution >= 0.6 is 11.6 Å². The number of hydrogen-bond donors (Lipinski definition) is 1. The van der Waals surface area contributed by atoms with Crippen molar-refractivity contribution in [1.29, 1.82) is 0 Å². The number of aromatic nitrogens is 6. The lowest BCUT2D eigenvalue weighted by Gasteiger charge is -2.26. The number of morpholine rings is 2. The van der Waals surface area contributed by atoms with Crippen LogP contribution in [0, 0.1) is 36.3 Å². The summed E-state index contributed by atoms with van der Waals surface area (Å²) in [6.07, 6.45) is 7.66. The normalized spacial score (nSPS) is 15.8. The van der Waals surface area contributed by atoms with E-state index in [0.29, 0.717) is 89.1 Å². The number of fused-ring (bicyclic) bond motifs is 2. The van der Waals surface area contributed by atoms with E-state index in [1.54, 1.807) is 48.5 Å². The van der Waals surface area contributed by atoms with Crippen molar-refractivity contribution in [2.24, 2.45) is 10.8 Å². The third-order valence-corrected chi connectivity index (χ3v) is 16.7. The molecule has 2 aliphatic carbocycles. The molecule has 8 aromatic rings. The van der Waals surface area contributed by atoms with Crippen LogP contribution in [-0.2, 0) is 54.3 Å². The van der Waals surface area contributed by atoms with Crippen LogP contribution in [0.1, 0.15) is 72.2 Å². The zero-order chi connectivity index (χ0) is 62.3. The number of aromatic hydroxyl groups is 1. The minimum atomic E-state index is -0.932. The summed E-state index contributed by atoms with van der Waals surface area (Å²) in [6, 6.07) is 29.0. The molecule has 4 aromatic carbocycles. The van der Waals surface area contributed by atoms with Gasteiger partial charge in [-0.2, -0.15) is 4.98 Å². The fourth-order valence-corrected chi connectivity index (χ4v) is 10.9. The van der Waals surface area contributed by atoms with Crippen LogP contribution in [0.3, 0.4) is 0 Å². The number of aryl methyl sites for hydroxylation is 2. The number of carbonyl (C=O) groups is 4. The zero-order valence-corrected chi connectivity index (χ0v) is 50.7. The molecule has 4 aromatic heterocycles. The number of phenols is 1. The molecule has 2 aliphatic heterocycles. The van der Waals surface area contributed by atoms with E-state index in [0.717, 1.165) is 112 Å². The molecule has 6 heterocycles. The van der Waals surface area contributed by atoms with Crippen LogP contribution < -0.4 is 14.2 Å². The van der Waals surface area contributed by atoms with Gasteiger partial charge in [-0.05, 0) is 123 Å². The number of phenolic OH excluding ortho intramolecular Hbond substituents is 1. The number of benzene rings is 4. The fraction of sp³-hybridized carbons (Fsp3) is 0.382. The lowest BCUT2D eigenvalue weighted by Crippen LogP contribution is -2.37. The van der Waals surface area contributed by atoms with Gasteiger partial charge in [-0.1, -0.05) is 60.1 Å². The molecule has 1 N–H and O–H groups in total. The van der Waals surface area contributed by atoms with Gasteiger partial charge in [0.05, 0.1) is 72.9 Å². The molecule has 21 heteroatoms. The second-order valence-electron chi connectivity index (χ2n) is 22.8. The number of pyridine rings is 2. The molecule has 0 bridgehead atoms. The lowest BCUT2D eigenvalue weighted by molar-refractivity contribution is -0.135. The summed E-state index contributed by atoms with van der Waals surface area (Å²) in [5, 5.41) is 9.64. The molecule has 89 heavy (non-hydrogen) atoms. The van der Waals surface area contributed by atoms with E-state index in [1.807, 2.05) is 38.1 Å². The van der Waals surface area contributed by atoms with Crippen LogP contribution in [0.15, 0.2) is 122 Å². The highest BCUT2D eigenvalue weighted by Crippen LogP contribution is 2.50. The van der Waals surface area contributed by atoms with Crippen molar-refractivity contribution >= 4 is 56.8 Å². The van der Waals surface area contributed by atoms with E-state index in [9.17, 15) is 33.1 Å². The number of hydrogen-bond acceptors (Lipinski definition) is 18. The minimum Gasteiger partial charge on any atom is -0.508 e. The first kappa shape index (κ1) is 63.7. The molecule has 2 saturated heterocycles. The summed E-state index contributed by atoms with van der Waals surface area (Å²) in [5.74, 6) is 1.40. The molecular weight excluding hydrogens is 1160 g/mol. The number of nitrogens with zero attached hydrogens (tertiary/aromatic N) is 8. The Hall–Kier alpha value is -8.27. The summed E-state index contributed by atoms with van der Waals surface area (Å²) in [6.45, 7) is 14.2. The Morgan fingerprint density at radius 2 is 0.921 bits per heavy atom. The molecule has 0 amide bonds. The van der Waals surface area contributed by atoms with Crippen molar-refractivity contribution in [3.63, 3.8) is 0 Å². The van der Waals surface area contributed by atoms with Crippen LogP contribution in [0.2, 0.25) is 5.15 Å². The van der Waals surface area contributed by atoms with Gasteiger partial charge in [0.15, 0.2) is 33.8 Å². The van der Waals surface area contributed by atoms with E-state index in [1.165, 1.54) is 49.1 Å². The van der Waals surface area contributed by atoms with Crippen LogP contribution in [0.4, 0.5) is 8.78 Å². The first-order valence-electron chi connectivity index (χ1n) is 30.1. The largest absolute Gasteiger partial charge is 0.508 e. The molecule has 12 rings (SSSR count). The predicted octanol–water partition coefficient (Wildman–Crippen LogP) is 10.4. The second-order valence-corrected chi connectivity index (χ2v) is 23.1. The number of carbonyl (C=O) groups excluding carboxylic acids is 4. The number of rotatable bonds is 24. The molecule has 0 spiro atoms. The maximum Gasteiger partial charge on any atom is 0.249 e. The Bertz CT molecular complexity index is 3690. The van der Waals surface area contributed by atoms with Gasteiger partial charge in [0, 0.05) is 77.1 Å². The Kier molecular flexibility index (Phi) is 21.4. The Morgan fingerprint density at radius 3 is 1.35 bits per heavy atom. The van der Waals surface area contributed by atoms with Gasteiger partial charge in [0.2, 0.25) is 5.88 Å².